The van der Waals surface area contributed by atoms with Crippen LogP contribution in [-0.4, -0.2) is 20.5 Å². The van der Waals surface area contributed by atoms with Crippen LogP contribution in [-0.2, 0) is 10.0 Å². The first-order chi connectivity index (χ1) is 6.90. The predicted octanol–water partition coefficient (Wildman–Crippen LogP) is 0.213. The minimum absolute atomic E-state index is 0.230. The first-order valence-electron chi connectivity index (χ1n) is 4.26. The minimum atomic E-state index is -3.39. The van der Waals surface area contributed by atoms with Crippen molar-refractivity contribution in [3.8, 4) is 0 Å². The van der Waals surface area contributed by atoms with E-state index in [9.17, 15) is 8.42 Å². The summed E-state index contributed by atoms with van der Waals surface area (Å²) >= 11 is 0. The van der Waals surface area contributed by atoms with Crippen LogP contribution < -0.4 is 10.5 Å². The van der Waals surface area contributed by atoms with Gasteiger partial charge < -0.3 is 5.73 Å². The van der Waals surface area contributed by atoms with E-state index >= 15 is 0 Å². The van der Waals surface area contributed by atoms with Crippen LogP contribution in [0.5, 0.6) is 0 Å². The van der Waals surface area contributed by atoms with E-state index in [4.69, 9.17) is 11.1 Å². The van der Waals surface area contributed by atoms with E-state index in [0.29, 0.717) is 5.56 Å². The maximum absolute atomic E-state index is 11.1. The Bertz CT molecular complexity index is 442. The van der Waals surface area contributed by atoms with Crippen molar-refractivity contribution >= 4 is 15.9 Å². The second-order valence-corrected chi connectivity index (χ2v) is 4.97. The average Bonchev–Trinajstić information content (AvgIpc) is 2.14. The van der Waals surface area contributed by atoms with Crippen molar-refractivity contribution < 1.29 is 8.42 Å². The number of sulfonamides is 1. The molecule has 0 saturated carbocycles. The highest BCUT2D eigenvalue weighted by atomic mass is 32.2. The summed E-state index contributed by atoms with van der Waals surface area (Å²) < 4.78 is 24.4. The maximum Gasteiger partial charge on any atom is 0.209 e. The molecule has 0 aliphatic carbocycles. The molecule has 6 heteroatoms. The van der Waals surface area contributed by atoms with Gasteiger partial charge in [-0.05, 0) is 5.56 Å². The molecule has 0 aliphatic heterocycles. The van der Waals surface area contributed by atoms with E-state index in [2.05, 4.69) is 4.72 Å². The second-order valence-electron chi connectivity index (χ2n) is 3.19. The lowest BCUT2D eigenvalue weighted by molar-refractivity contribution is 0.583. The van der Waals surface area contributed by atoms with Gasteiger partial charge in [0.1, 0.15) is 11.9 Å². The Morgan fingerprint density at radius 3 is 2.33 bits per heavy atom. The topological polar surface area (TPSA) is 96.0 Å². The van der Waals surface area contributed by atoms with Crippen LogP contribution in [0.15, 0.2) is 30.3 Å². The molecule has 1 atom stereocenters. The number of rotatable bonds is 4. The lowest BCUT2D eigenvalue weighted by Gasteiger charge is -2.15. The molecule has 15 heavy (non-hydrogen) atoms. The van der Waals surface area contributed by atoms with Gasteiger partial charge in [-0.25, -0.2) is 13.1 Å². The zero-order valence-corrected chi connectivity index (χ0v) is 9.08. The van der Waals surface area contributed by atoms with E-state index in [1.54, 1.807) is 30.3 Å². The molecule has 1 rings (SSSR count). The van der Waals surface area contributed by atoms with E-state index in [1.807, 2.05) is 0 Å². The lowest BCUT2D eigenvalue weighted by Crippen LogP contribution is -2.36. The smallest absolute Gasteiger partial charge is 0.209 e. The average molecular weight is 227 g/mol. The van der Waals surface area contributed by atoms with Gasteiger partial charge in [-0.15, -0.1) is 0 Å². The molecule has 0 aliphatic rings. The van der Waals surface area contributed by atoms with Crippen LogP contribution in [0, 0.1) is 5.41 Å². The number of benzene rings is 1. The molecule has 0 fully saturated rings. The molecule has 0 amide bonds. The Kier molecular flexibility index (Phi) is 3.43. The Morgan fingerprint density at radius 1 is 1.40 bits per heavy atom. The lowest BCUT2D eigenvalue weighted by atomic mass is 10.1. The number of hydrogen-bond acceptors (Lipinski definition) is 3. The second kappa shape index (κ2) is 4.41. The van der Waals surface area contributed by atoms with Crippen molar-refractivity contribution in [1.29, 1.82) is 5.41 Å². The largest absolute Gasteiger partial charge is 0.386 e. The van der Waals surface area contributed by atoms with E-state index in [-0.39, 0.29) is 5.84 Å². The molecule has 1 aromatic rings. The zero-order chi connectivity index (χ0) is 11.5. The molecule has 5 nitrogen and oxygen atoms in total. The first-order valence-corrected chi connectivity index (χ1v) is 6.15. The Labute approximate surface area is 88.9 Å². The third-order valence-electron chi connectivity index (χ3n) is 1.78. The summed E-state index contributed by atoms with van der Waals surface area (Å²) in [6.07, 6.45) is 1.03. The number of hydrogen-bond donors (Lipinski definition) is 3. The molecule has 0 spiro atoms. The quantitative estimate of drug-likeness (QED) is 0.507. The minimum Gasteiger partial charge on any atom is -0.386 e. The van der Waals surface area contributed by atoms with Gasteiger partial charge >= 0.3 is 0 Å². The van der Waals surface area contributed by atoms with E-state index in [1.165, 1.54) is 0 Å². The fourth-order valence-electron chi connectivity index (χ4n) is 1.17. The molecule has 1 aromatic carbocycles. The normalized spacial score (nSPS) is 13.4. The van der Waals surface area contributed by atoms with Gasteiger partial charge in [-0.3, -0.25) is 5.41 Å². The van der Waals surface area contributed by atoms with E-state index < -0.39 is 16.1 Å². The number of nitrogens with two attached hydrogens (primary N) is 1. The van der Waals surface area contributed by atoms with Gasteiger partial charge in [-0.2, -0.15) is 0 Å². The first kappa shape index (κ1) is 11.7. The number of nitrogens with one attached hydrogen (secondary N) is 2. The highest BCUT2D eigenvalue weighted by molar-refractivity contribution is 7.88. The van der Waals surface area contributed by atoms with Gasteiger partial charge in [0.15, 0.2) is 0 Å². The third kappa shape index (κ3) is 3.69. The predicted molar refractivity (Wildman–Crippen MR) is 59.1 cm³/mol. The Hall–Kier alpha value is -1.40. The van der Waals surface area contributed by atoms with Crippen molar-refractivity contribution in [2.24, 2.45) is 5.73 Å². The standard InChI is InChI=1S/C9H13N3O2S/c1-15(13,14)12-8(9(10)11)7-5-3-2-4-6-7/h2-6,8,12H,1H3,(H3,10,11). The fraction of sp³-hybridized carbons (Fsp3) is 0.222. The highest BCUT2D eigenvalue weighted by Crippen LogP contribution is 2.12. The Morgan fingerprint density at radius 2 is 1.93 bits per heavy atom. The highest BCUT2D eigenvalue weighted by Gasteiger charge is 2.18. The molecule has 0 saturated heterocycles. The molecule has 1 unspecified atom stereocenters. The van der Waals surface area contributed by atoms with Crippen LogP contribution in [0.2, 0.25) is 0 Å². The fourth-order valence-corrected chi connectivity index (χ4v) is 1.86. The molecule has 0 aromatic heterocycles. The molecular weight excluding hydrogens is 214 g/mol. The van der Waals surface area contributed by atoms with Crippen LogP contribution in [0.3, 0.4) is 0 Å². The summed E-state index contributed by atoms with van der Waals surface area (Å²) in [5, 5.41) is 7.32. The van der Waals surface area contributed by atoms with Crippen molar-refractivity contribution in [1.82, 2.24) is 4.72 Å². The van der Waals surface area contributed by atoms with Crippen molar-refractivity contribution in [3.63, 3.8) is 0 Å². The van der Waals surface area contributed by atoms with Gasteiger partial charge in [0, 0.05) is 0 Å². The summed E-state index contributed by atoms with van der Waals surface area (Å²) in [5.41, 5.74) is 5.98. The summed E-state index contributed by atoms with van der Waals surface area (Å²) in [5.74, 6) is -0.230. The molecule has 0 bridgehead atoms. The third-order valence-corrected chi connectivity index (χ3v) is 2.44. The zero-order valence-electron chi connectivity index (χ0n) is 8.27. The molecule has 4 N–H and O–H groups in total. The van der Waals surface area contributed by atoms with Crippen LogP contribution in [0.4, 0.5) is 0 Å². The van der Waals surface area contributed by atoms with Crippen LogP contribution in [0.1, 0.15) is 11.6 Å². The molecular formula is C9H13N3O2S. The van der Waals surface area contributed by atoms with Gasteiger partial charge in [0.25, 0.3) is 0 Å². The van der Waals surface area contributed by atoms with Crippen molar-refractivity contribution in [3.05, 3.63) is 35.9 Å². The van der Waals surface area contributed by atoms with Crippen LogP contribution >= 0.6 is 0 Å². The summed E-state index contributed by atoms with van der Waals surface area (Å²) in [6, 6.07) is 7.96. The molecule has 82 valence electrons. The van der Waals surface area contributed by atoms with Gasteiger partial charge in [-0.1, -0.05) is 30.3 Å². The van der Waals surface area contributed by atoms with Gasteiger partial charge in [0.2, 0.25) is 10.0 Å². The summed E-state index contributed by atoms with van der Waals surface area (Å²) in [7, 11) is -3.39. The maximum atomic E-state index is 11.1. The molecule has 0 heterocycles. The SMILES string of the molecule is CS(=O)(=O)NC(C(=N)N)c1ccccc1. The molecule has 0 radical (unpaired) electrons. The number of amidine groups is 1. The van der Waals surface area contributed by atoms with Gasteiger partial charge in [0.05, 0.1) is 6.26 Å². The Balaban J connectivity index is 3.00. The summed E-state index contributed by atoms with van der Waals surface area (Å²) in [4.78, 5) is 0. The van der Waals surface area contributed by atoms with E-state index in [0.717, 1.165) is 6.26 Å². The van der Waals surface area contributed by atoms with Crippen LogP contribution in [0.25, 0.3) is 0 Å². The monoisotopic (exact) mass is 227 g/mol. The van der Waals surface area contributed by atoms with Crippen molar-refractivity contribution in [2.45, 2.75) is 6.04 Å². The van der Waals surface area contributed by atoms with Crippen molar-refractivity contribution in [2.75, 3.05) is 6.26 Å². The summed E-state index contributed by atoms with van der Waals surface area (Å²) in [6.45, 7) is 0.